The van der Waals surface area contributed by atoms with Gasteiger partial charge in [-0.25, -0.2) is 13.2 Å². The number of rotatable bonds is 3. The average molecular weight is 242 g/mol. The van der Waals surface area contributed by atoms with Gasteiger partial charge in [0.05, 0.1) is 11.7 Å². The van der Waals surface area contributed by atoms with Crippen LogP contribution in [-0.2, 0) is 4.79 Å². The van der Waals surface area contributed by atoms with E-state index in [2.05, 4.69) is 5.92 Å². The van der Waals surface area contributed by atoms with Crippen LogP contribution in [0.1, 0.15) is 6.42 Å². The molecule has 0 aliphatic rings. The predicted octanol–water partition coefficient (Wildman–Crippen LogP) is 1.39. The Balaban J connectivity index is 2.87. The molecule has 6 heteroatoms. The van der Waals surface area contributed by atoms with Gasteiger partial charge in [0, 0.05) is 6.42 Å². The molecule has 0 spiro atoms. The molecule has 1 aromatic carbocycles. The van der Waals surface area contributed by atoms with Crippen LogP contribution >= 0.6 is 0 Å². The molecule has 0 heterocycles. The smallest absolute Gasteiger partial charge is 0.242 e. The number of hydrogen-bond donors (Lipinski definition) is 2. The maximum atomic E-state index is 13.2. The number of carbonyl (C=O) groups excluding carboxylic acids is 1. The van der Waals surface area contributed by atoms with Crippen molar-refractivity contribution in [2.75, 3.05) is 5.32 Å². The zero-order chi connectivity index (χ0) is 13.0. The number of hydrogen-bond acceptors (Lipinski definition) is 2. The van der Waals surface area contributed by atoms with E-state index in [0.29, 0.717) is 6.07 Å². The molecule has 0 aromatic heterocycles. The van der Waals surface area contributed by atoms with Crippen molar-refractivity contribution in [3.63, 3.8) is 0 Å². The van der Waals surface area contributed by atoms with E-state index < -0.39 is 35.1 Å². The van der Waals surface area contributed by atoms with Crippen molar-refractivity contribution in [2.45, 2.75) is 12.5 Å². The molecule has 1 rings (SSSR count). The molecule has 3 nitrogen and oxygen atoms in total. The van der Waals surface area contributed by atoms with Crippen molar-refractivity contribution in [1.82, 2.24) is 0 Å². The van der Waals surface area contributed by atoms with E-state index in [1.54, 1.807) is 0 Å². The largest absolute Gasteiger partial charge is 0.322 e. The Kier molecular flexibility index (Phi) is 4.12. The number of nitrogens with two attached hydrogens (primary N) is 1. The maximum absolute atomic E-state index is 13.2. The highest BCUT2D eigenvalue weighted by Crippen LogP contribution is 2.19. The van der Waals surface area contributed by atoms with Gasteiger partial charge in [-0.15, -0.1) is 12.3 Å². The van der Waals surface area contributed by atoms with Crippen LogP contribution in [0.5, 0.6) is 0 Å². The summed E-state index contributed by atoms with van der Waals surface area (Å²) in [4.78, 5) is 11.3. The first-order valence-electron chi connectivity index (χ1n) is 4.60. The SMILES string of the molecule is C#CCC(N)C(=O)Nc1ccc(F)c(F)c1F. The van der Waals surface area contributed by atoms with Gasteiger partial charge < -0.3 is 11.1 Å². The van der Waals surface area contributed by atoms with Crippen molar-refractivity contribution in [3.05, 3.63) is 29.6 Å². The minimum absolute atomic E-state index is 0.0445. The Hall–Kier alpha value is -2.00. The minimum Gasteiger partial charge on any atom is -0.322 e. The van der Waals surface area contributed by atoms with E-state index >= 15 is 0 Å². The lowest BCUT2D eigenvalue weighted by atomic mass is 10.2. The standard InChI is InChI=1S/C11H9F3N2O/c1-2-3-7(15)11(17)16-8-5-4-6(12)9(13)10(8)14/h1,4-5,7H,3,15H2,(H,16,17). The van der Waals surface area contributed by atoms with Gasteiger partial charge >= 0.3 is 0 Å². The summed E-state index contributed by atoms with van der Waals surface area (Å²) in [6, 6.07) is 0.558. The van der Waals surface area contributed by atoms with E-state index in [1.807, 2.05) is 5.32 Å². The minimum atomic E-state index is -1.66. The Morgan fingerprint density at radius 3 is 2.65 bits per heavy atom. The third-order valence-electron chi connectivity index (χ3n) is 1.97. The highest BCUT2D eigenvalue weighted by molar-refractivity contribution is 5.94. The molecule has 0 saturated carbocycles. The molecule has 1 unspecified atom stereocenters. The summed E-state index contributed by atoms with van der Waals surface area (Å²) in [5, 5.41) is 2.02. The summed E-state index contributed by atoms with van der Waals surface area (Å²) in [5.41, 5.74) is 4.86. The van der Waals surface area contributed by atoms with Gasteiger partial charge in [-0.05, 0) is 12.1 Å². The van der Waals surface area contributed by atoms with Crippen molar-refractivity contribution >= 4 is 11.6 Å². The average Bonchev–Trinajstić information content (AvgIpc) is 2.30. The number of nitrogens with one attached hydrogen (secondary N) is 1. The van der Waals surface area contributed by atoms with Crippen molar-refractivity contribution < 1.29 is 18.0 Å². The molecule has 0 aliphatic carbocycles. The normalized spacial score (nSPS) is 11.7. The molecule has 90 valence electrons. The Morgan fingerprint density at radius 1 is 1.41 bits per heavy atom. The van der Waals surface area contributed by atoms with Gasteiger partial charge in [0.2, 0.25) is 5.91 Å². The van der Waals surface area contributed by atoms with Gasteiger partial charge in [-0.3, -0.25) is 4.79 Å². The summed E-state index contributed by atoms with van der Waals surface area (Å²) < 4.78 is 38.6. The van der Waals surface area contributed by atoms with Gasteiger partial charge in [0.1, 0.15) is 0 Å². The third kappa shape index (κ3) is 2.98. The van der Waals surface area contributed by atoms with Crippen molar-refractivity contribution in [2.24, 2.45) is 5.73 Å². The molecule has 1 atom stereocenters. The molecular weight excluding hydrogens is 233 g/mol. The number of benzene rings is 1. The fourth-order valence-electron chi connectivity index (χ4n) is 1.07. The number of halogens is 3. The number of terminal acetylenes is 1. The number of carbonyl (C=O) groups is 1. The molecular formula is C11H9F3N2O. The zero-order valence-corrected chi connectivity index (χ0v) is 8.64. The van der Waals surface area contributed by atoms with Crippen molar-refractivity contribution in [3.8, 4) is 12.3 Å². The Labute approximate surface area is 95.8 Å². The molecule has 17 heavy (non-hydrogen) atoms. The molecule has 3 N–H and O–H groups in total. The number of anilines is 1. The van der Waals surface area contributed by atoms with Gasteiger partial charge in [-0.2, -0.15) is 0 Å². The molecule has 0 bridgehead atoms. The number of amides is 1. The summed E-state index contributed by atoms with van der Waals surface area (Å²) in [5.74, 6) is -3.09. The summed E-state index contributed by atoms with van der Waals surface area (Å²) >= 11 is 0. The fourth-order valence-corrected chi connectivity index (χ4v) is 1.07. The van der Waals surface area contributed by atoms with E-state index in [0.717, 1.165) is 6.07 Å². The van der Waals surface area contributed by atoms with Gasteiger partial charge in [-0.1, -0.05) is 0 Å². The van der Waals surface area contributed by atoms with E-state index in [9.17, 15) is 18.0 Å². The maximum Gasteiger partial charge on any atom is 0.242 e. The predicted molar refractivity (Wildman–Crippen MR) is 56.4 cm³/mol. The molecule has 1 aromatic rings. The lowest BCUT2D eigenvalue weighted by Crippen LogP contribution is -2.35. The van der Waals surface area contributed by atoms with Crippen LogP contribution < -0.4 is 11.1 Å². The lowest BCUT2D eigenvalue weighted by Gasteiger charge is -2.10. The fraction of sp³-hybridized carbons (Fsp3) is 0.182. The van der Waals surface area contributed by atoms with Crippen LogP contribution in [0.25, 0.3) is 0 Å². The molecule has 0 saturated heterocycles. The highest BCUT2D eigenvalue weighted by atomic mass is 19.2. The summed E-state index contributed by atoms with van der Waals surface area (Å²) in [7, 11) is 0. The van der Waals surface area contributed by atoms with Gasteiger partial charge in [0.25, 0.3) is 0 Å². The molecule has 1 amide bonds. The van der Waals surface area contributed by atoms with Crippen LogP contribution in [0.4, 0.5) is 18.9 Å². The third-order valence-corrected chi connectivity index (χ3v) is 1.97. The summed E-state index contributed by atoms with van der Waals surface area (Å²) in [6.45, 7) is 0. The Morgan fingerprint density at radius 2 is 2.06 bits per heavy atom. The summed E-state index contributed by atoms with van der Waals surface area (Å²) in [6.07, 6.45) is 4.90. The second kappa shape index (κ2) is 5.37. The monoisotopic (exact) mass is 242 g/mol. The van der Waals surface area contributed by atoms with E-state index in [1.165, 1.54) is 0 Å². The van der Waals surface area contributed by atoms with Crippen LogP contribution in [0.15, 0.2) is 12.1 Å². The van der Waals surface area contributed by atoms with E-state index in [-0.39, 0.29) is 6.42 Å². The zero-order valence-electron chi connectivity index (χ0n) is 8.64. The Bertz CT molecular complexity index is 482. The van der Waals surface area contributed by atoms with Crippen LogP contribution in [0, 0.1) is 29.8 Å². The van der Waals surface area contributed by atoms with Gasteiger partial charge in [0.15, 0.2) is 17.5 Å². The van der Waals surface area contributed by atoms with Crippen LogP contribution in [0.3, 0.4) is 0 Å². The van der Waals surface area contributed by atoms with Crippen molar-refractivity contribution in [1.29, 1.82) is 0 Å². The lowest BCUT2D eigenvalue weighted by molar-refractivity contribution is -0.117. The van der Waals surface area contributed by atoms with E-state index in [4.69, 9.17) is 12.2 Å². The first-order chi connectivity index (χ1) is 7.97. The first-order valence-corrected chi connectivity index (χ1v) is 4.60. The van der Waals surface area contributed by atoms with Crippen LogP contribution in [0.2, 0.25) is 0 Å². The molecule has 0 aliphatic heterocycles. The molecule has 0 fully saturated rings. The second-order valence-corrected chi connectivity index (χ2v) is 3.23. The first kappa shape index (κ1) is 13.1. The van der Waals surface area contributed by atoms with Crippen LogP contribution in [-0.4, -0.2) is 11.9 Å². The quantitative estimate of drug-likeness (QED) is 0.621. The topological polar surface area (TPSA) is 55.1 Å². The second-order valence-electron chi connectivity index (χ2n) is 3.23. The highest BCUT2D eigenvalue weighted by Gasteiger charge is 2.18. The molecule has 0 radical (unpaired) electrons.